The number of hydrogen-bond acceptors (Lipinski definition) is 4. The van der Waals surface area contributed by atoms with Gasteiger partial charge < -0.3 is 10.4 Å². The van der Waals surface area contributed by atoms with Crippen LogP contribution in [-0.2, 0) is 4.79 Å². The molecule has 1 aromatic heterocycles. The predicted molar refractivity (Wildman–Crippen MR) is 55.7 cm³/mol. The molecule has 1 amide bonds. The second-order valence-corrected chi connectivity index (χ2v) is 4.06. The fraction of sp³-hybridized carbons (Fsp3) is 0.400. The Kier molecular flexibility index (Phi) is 3.13. The van der Waals surface area contributed by atoms with E-state index in [1.54, 1.807) is 5.32 Å². The highest BCUT2D eigenvalue weighted by Crippen LogP contribution is 2.42. The Balaban J connectivity index is 2.32. The molecular formula is C10H8F3N3O3. The average molecular weight is 275 g/mol. The van der Waals surface area contributed by atoms with Gasteiger partial charge in [0.05, 0.1) is 11.4 Å². The Morgan fingerprint density at radius 3 is 2.42 bits per heavy atom. The smallest absolute Gasteiger partial charge is 0.471 e. The number of alkyl halides is 3. The Labute approximate surface area is 104 Å². The van der Waals surface area contributed by atoms with Crippen molar-refractivity contribution in [3.8, 4) is 0 Å². The Morgan fingerprint density at radius 1 is 1.32 bits per heavy atom. The zero-order valence-corrected chi connectivity index (χ0v) is 9.36. The summed E-state index contributed by atoms with van der Waals surface area (Å²) in [6.45, 7) is 0. The fourth-order valence-electron chi connectivity index (χ4n) is 1.46. The van der Waals surface area contributed by atoms with Crippen molar-refractivity contribution in [1.82, 2.24) is 10.2 Å². The van der Waals surface area contributed by atoms with Crippen LogP contribution in [0.4, 0.5) is 18.9 Å². The van der Waals surface area contributed by atoms with Crippen LogP contribution in [-0.4, -0.2) is 33.4 Å². The van der Waals surface area contributed by atoms with Gasteiger partial charge in [-0.1, -0.05) is 0 Å². The molecule has 0 saturated heterocycles. The Bertz CT molecular complexity index is 541. The van der Waals surface area contributed by atoms with Crippen LogP contribution in [0.25, 0.3) is 0 Å². The van der Waals surface area contributed by atoms with E-state index in [-0.39, 0.29) is 17.3 Å². The van der Waals surface area contributed by atoms with Crippen molar-refractivity contribution in [3.05, 3.63) is 17.5 Å². The summed E-state index contributed by atoms with van der Waals surface area (Å²) in [6, 6.07) is 0.882. The van der Waals surface area contributed by atoms with E-state index in [9.17, 15) is 22.8 Å². The summed E-state index contributed by atoms with van der Waals surface area (Å²) in [4.78, 5) is 21.6. The molecule has 1 aliphatic rings. The molecule has 0 aliphatic heterocycles. The third-order valence-corrected chi connectivity index (χ3v) is 2.51. The number of carboxylic acids is 1. The van der Waals surface area contributed by atoms with Crippen LogP contribution in [0.2, 0.25) is 0 Å². The van der Waals surface area contributed by atoms with E-state index in [4.69, 9.17) is 5.11 Å². The van der Waals surface area contributed by atoms with Gasteiger partial charge in [-0.15, -0.1) is 5.10 Å². The van der Waals surface area contributed by atoms with Crippen molar-refractivity contribution in [1.29, 1.82) is 0 Å². The van der Waals surface area contributed by atoms with Crippen LogP contribution in [0.3, 0.4) is 0 Å². The van der Waals surface area contributed by atoms with Crippen LogP contribution >= 0.6 is 0 Å². The van der Waals surface area contributed by atoms with Crippen molar-refractivity contribution in [2.24, 2.45) is 0 Å². The Hall–Kier alpha value is -2.19. The number of rotatable bonds is 3. The van der Waals surface area contributed by atoms with Gasteiger partial charge in [0.15, 0.2) is 5.69 Å². The summed E-state index contributed by atoms with van der Waals surface area (Å²) in [7, 11) is 0. The molecule has 0 spiro atoms. The minimum absolute atomic E-state index is 0.0844. The monoisotopic (exact) mass is 275 g/mol. The molecule has 0 radical (unpaired) electrons. The van der Waals surface area contributed by atoms with E-state index in [1.165, 1.54) is 0 Å². The van der Waals surface area contributed by atoms with Gasteiger partial charge >= 0.3 is 18.1 Å². The molecule has 102 valence electrons. The molecule has 2 rings (SSSR count). The lowest BCUT2D eigenvalue weighted by Gasteiger charge is -2.11. The quantitative estimate of drug-likeness (QED) is 0.873. The van der Waals surface area contributed by atoms with Gasteiger partial charge in [-0.3, -0.25) is 4.79 Å². The number of nitrogens with one attached hydrogen (secondary N) is 1. The number of amides is 1. The average Bonchev–Trinajstić information content (AvgIpc) is 3.11. The molecular weight excluding hydrogens is 267 g/mol. The van der Waals surface area contributed by atoms with Gasteiger partial charge in [0.25, 0.3) is 0 Å². The normalized spacial score (nSPS) is 15.1. The van der Waals surface area contributed by atoms with Gasteiger partial charge in [-0.2, -0.15) is 18.3 Å². The number of carbonyl (C=O) groups excluding carboxylic acids is 1. The molecule has 1 aromatic rings. The lowest BCUT2D eigenvalue weighted by atomic mass is 10.2. The molecule has 0 aromatic carbocycles. The summed E-state index contributed by atoms with van der Waals surface area (Å²) in [6.07, 6.45) is -3.61. The van der Waals surface area contributed by atoms with Gasteiger partial charge in [-0.25, -0.2) is 4.79 Å². The standard InChI is InChI=1S/C10H8F3N3O3/c11-10(12,13)9(19)14-5-3-6(8(17)18)15-16-7(5)4-1-2-4/h3-4H,1-2H2,(H,17,18)(H,14,15,19). The lowest BCUT2D eigenvalue weighted by molar-refractivity contribution is -0.167. The molecule has 1 heterocycles. The molecule has 2 N–H and O–H groups in total. The number of aromatic carboxylic acids is 1. The van der Waals surface area contributed by atoms with Gasteiger partial charge in [-0.05, 0) is 18.9 Å². The highest BCUT2D eigenvalue weighted by Gasteiger charge is 2.40. The van der Waals surface area contributed by atoms with Gasteiger partial charge in [0.1, 0.15) is 0 Å². The SMILES string of the molecule is O=C(O)c1cc(NC(=O)C(F)(F)F)c(C2CC2)nn1. The third kappa shape index (κ3) is 2.98. The molecule has 0 unspecified atom stereocenters. The molecule has 19 heavy (non-hydrogen) atoms. The van der Waals surface area contributed by atoms with E-state index in [1.807, 2.05) is 0 Å². The summed E-state index contributed by atoms with van der Waals surface area (Å²) in [5.74, 6) is -3.69. The van der Waals surface area contributed by atoms with Gasteiger partial charge in [0, 0.05) is 5.92 Å². The maximum absolute atomic E-state index is 12.2. The number of halogens is 3. The van der Waals surface area contributed by atoms with Crippen LogP contribution in [0.5, 0.6) is 0 Å². The largest absolute Gasteiger partial charge is 0.476 e. The fourth-order valence-corrected chi connectivity index (χ4v) is 1.46. The maximum Gasteiger partial charge on any atom is 0.471 e. The number of carboxylic acid groups (broad SMARTS) is 1. The van der Waals surface area contributed by atoms with Crippen molar-refractivity contribution in [3.63, 3.8) is 0 Å². The zero-order chi connectivity index (χ0) is 14.2. The molecule has 9 heteroatoms. The Morgan fingerprint density at radius 2 is 1.95 bits per heavy atom. The topological polar surface area (TPSA) is 92.2 Å². The number of carbonyl (C=O) groups is 2. The first kappa shape index (κ1) is 13.2. The van der Waals surface area contributed by atoms with Crippen molar-refractivity contribution >= 4 is 17.6 Å². The maximum atomic E-state index is 12.2. The molecule has 1 fully saturated rings. The summed E-state index contributed by atoms with van der Waals surface area (Å²) in [5.41, 5.74) is -0.596. The highest BCUT2D eigenvalue weighted by atomic mass is 19.4. The summed E-state index contributed by atoms with van der Waals surface area (Å²) < 4.78 is 36.5. The van der Waals surface area contributed by atoms with Crippen LogP contribution in [0, 0.1) is 0 Å². The summed E-state index contributed by atoms with van der Waals surface area (Å²) >= 11 is 0. The zero-order valence-electron chi connectivity index (χ0n) is 9.36. The van der Waals surface area contributed by atoms with E-state index < -0.39 is 23.7 Å². The molecule has 1 saturated carbocycles. The minimum atomic E-state index is -5.05. The summed E-state index contributed by atoms with van der Waals surface area (Å²) in [5, 5.41) is 17.3. The van der Waals surface area contributed by atoms with E-state index in [0.717, 1.165) is 18.9 Å². The van der Waals surface area contributed by atoms with Crippen LogP contribution in [0.15, 0.2) is 6.07 Å². The molecule has 0 atom stereocenters. The number of aromatic nitrogens is 2. The first-order valence-corrected chi connectivity index (χ1v) is 5.28. The van der Waals surface area contributed by atoms with Gasteiger partial charge in [0.2, 0.25) is 0 Å². The molecule has 1 aliphatic carbocycles. The van der Waals surface area contributed by atoms with Crippen LogP contribution < -0.4 is 5.32 Å². The second kappa shape index (κ2) is 4.48. The highest BCUT2D eigenvalue weighted by molar-refractivity contribution is 5.96. The van der Waals surface area contributed by atoms with Crippen LogP contribution in [0.1, 0.15) is 34.9 Å². The van der Waals surface area contributed by atoms with Crippen molar-refractivity contribution in [2.75, 3.05) is 5.32 Å². The number of anilines is 1. The number of hydrogen-bond donors (Lipinski definition) is 2. The minimum Gasteiger partial charge on any atom is -0.476 e. The van der Waals surface area contributed by atoms with E-state index >= 15 is 0 Å². The van der Waals surface area contributed by atoms with E-state index in [0.29, 0.717) is 0 Å². The van der Waals surface area contributed by atoms with Crippen molar-refractivity contribution in [2.45, 2.75) is 24.9 Å². The van der Waals surface area contributed by atoms with Crippen molar-refractivity contribution < 1.29 is 27.9 Å². The predicted octanol–water partition coefficient (Wildman–Crippen LogP) is 1.55. The first-order chi connectivity index (χ1) is 8.79. The second-order valence-electron chi connectivity index (χ2n) is 4.06. The lowest BCUT2D eigenvalue weighted by Crippen LogP contribution is -2.30. The first-order valence-electron chi connectivity index (χ1n) is 5.28. The third-order valence-electron chi connectivity index (χ3n) is 2.51. The van der Waals surface area contributed by atoms with E-state index in [2.05, 4.69) is 10.2 Å². The molecule has 6 nitrogen and oxygen atoms in total. The molecule has 0 bridgehead atoms. The number of nitrogens with zero attached hydrogens (tertiary/aromatic N) is 2.